The molecule has 2 amide bonds. The summed E-state index contributed by atoms with van der Waals surface area (Å²) in [5.41, 5.74) is 1.81. The standard InChI is InChI=1S/C39H57IN2O9/c1-5-6-7-8-9-10-11-12-13-14-36(45)42(19-17-28-23-30(48-2)15-16-33(28)49-3)32-24-29(39(47)41-18-20-43)25-34(37(32)46)51-38-31(40)21-27(26-44)22-35(38)50-4/h15-16,21-23,25,32,34,37,43-44,46H,5-14,17-20,24,26H2,1-4H3,(H,41,47)/t32-,34+,37+/m1/s1. The summed E-state index contributed by atoms with van der Waals surface area (Å²) >= 11 is 2.08. The van der Waals surface area contributed by atoms with Crippen LogP contribution in [0.25, 0.3) is 0 Å². The summed E-state index contributed by atoms with van der Waals surface area (Å²) in [5, 5.41) is 33.8. The fourth-order valence-electron chi connectivity index (χ4n) is 6.42. The Morgan fingerprint density at radius 2 is 1.61 bits per heavy atom. The van der Waals surface area contributed by atoms with Gasteiger partial charge in [0, 0.05) is 31.5 Å². The first kappa shape index (κ1) is 42.3. The van der Waals surface area contributed by atoms with Crippen molar-refractivity contribution in [3.05, 3.63) is 56.7 Å². The minimum absolute atomic E-state index is 0.0557. The summed E-state index contributed by atoms with van der Waals surface area (Å²) in [6.07, 6.45) is 10.3. The molecule has 1 aliphatic rings. The molecule has 51 heavy (non-hydrogen) atoms. The highest BCUT2D eigenvalue weighted by atomic mass is 127. The van der Waals surface area contributed by atoms with Crippen LogP contribution in [0.3, 0.4) is 0 Å². The Morgan fingerprint density at radius 1 is 0.922 bits per heavy atom. The van der Waals surface area contributed by atoms with Gasteiger partial charge in [-0.05, 0) is 83.0 Å². The molecule has 2 aromatic carbocycles. The summed E-state index contributed by atoms with van der Waals surface area (Å²) in [7, 11) is 4.67. The van der Waals surface area contributed by atoms with Crippen LogP contribution in [-0.2, 0) is 22.6 Å². The Morgan fingerprint density at radius 3 is 2.24 bits per heavy atom. The second kappa shape index (κ2) is 22.8. The highest BCUT2D eigenvalue weighted by Gasteiger charge is 2.41. The van der Waals surface area contributed by atoms with E-state index in [-0.39, 0.29) is 38.6 Å². The zero-order chi connectivity index (χ0) is 37.2. The zero-order valence-corrected chi connectivity index (χ0v) is 32.8. The molecule has 2 aromatic rings. The van der Waals surface area contributed by atoms with Gasteiger partial charge in [0.15, 0.2) is 11.5 Å². The number of hydrogen-bond acceptors (Lipinski definition) is 9. The third kappa shape index (κ3) is 12.8. The van der Waals surface area contributed by atoms with Crippen LogP contribution in [0.5, 0.6) is 23.0 Å². The summed E-state index contributed by atoms with van der Waals surface area (Å²) in [6, 6.07) is 8.14. The number of hydrogen-bond donors (Lipinski definition) is 4. The molecule has 0 saturated heterocycles. The minimum atomic E-state index is -1.20. The lowest BCUT2D eigenvalue weighted by Gasteiger charge is -2.41. The second-order valence-corrected chi connectivity index (χ2v) is 14.0. The number of methoxy groups -OCH3 is 3. The SMILES string of the molecule is CCCCCCCCCCCC(=O)N(CCc1cc(OC)ccc1OC)[C@@H]1CC(C(=O)NCCO)=C[C@H](Oc2c(I)cc(CO)cc2OC)[C@H]1O. The lowest BCUT2D eigenvalue weighted by Crippen LogP contribution is -2.55. The van der Waals surface area contributed by atoms with E-state index in [0.717, 1.165) is 31.2 Å². The maximum Gasteiger partial charge on any atom is 0.247 e. The first-order valence-electron chi connectivity index (χ1n) is 18.1. The Labute approximate surface area is 316 Å². The average Bonchev–Trinajstić information content (AvgIpc) is 3.14. The van der Waals surface area contributed by atoms with Crippen molar-refractivity contribution in [1.82, 2.24) is 10.2 Å². The maximum absolute atomic E-state index is 14.2. The van der Waals surface area contributed by atoms with Crippen molar-refractivity contribution in [2.75, 3.05) is 41.0 Å². The molecule has 0 unspecified atom stereocenters. The first-order valence-corrected chi connectivity index (χ1v) is 19.2. The number of benzene rings is 2. The highest BCUT2D eigenvalue weighted by Crippen LogP contribution is 2.37. The topological polar surface area (TPSA) is 147 Å². The van der Waals surface area contributed by atoms with E-state index in [9.17, 15) is 24.9 Å². The van der Waals surface area contributed by atoms with Crippen LogP contribution < -0.4 is 24.3 Å². The largest absolute Gasteiger partial charge is 0.497 e. The normalized spacial score (nSPS) is 17.0. The van der Waals surface area contributed by atoms with Gasteiger partial charge in [0.1, 0.15) is 23.7 Å². The summed E-state index contributed by atoms with van der Waals surface area (Å²) in [4.78, 5) is 29.2. The third-order valence-electron chi connectivity index (χ3n) is 9.26. The van der Waals surface area contributed by atoms with E-state index in [1.54, 1.807) is 37.3 Å². The van der Waals surface area contributed by atoms with Crippen LogP contribution in [-0.4, -0.2) is 91.3 Å². The maximum atomic E-state index is 14.2. The lowest BCUT2D eigenvalue weighted by molar-refractivity contribution is -0.138. The number of carbonyl (C=O) groups excluding carboxylic acids is 2. The predicted octanol–water partition coefficient (Wildman–Crippen LogP) is 5.72. The number of rotatable bonds is 23. The van der Waals surface area contributed by atoms with E-state index in [1.807, 2.05) is 18.2 Å². The number of nitrogens with zero attached hydrogens (tertiary/aromatic N) is 1. The van der Waals surface area contributed by atoms with Crippen molar-refractivity contribution in [3.8, 4) is 23.0 Å². The third-order valence-corrected chi connectivity index (χ3v) is 10.1. The number of nitrogens with one attached hydrogen (secondary N) is 1. The van der Waals surface area contributed by atoms with Crippen molar-refractivity contribution in [1.29, 1.82) is 0 Å². The molecule has 0 spiro atoms. The van der Waals surface area contributed by atoms with Gasteiger partial charge in [-0.3, -0.25) is 9.59 Å². The van der Waals surface area contributed by atoms with Crippen LogP contribution in [0.4, 0.5) is 0 Å². The van der Waals surface area contributed by atoms with Gasteiger partial charge in [-0.1, -0.05) is 58.3 Å². The van der Waals surface area contributed by atoms with E-state index in [0.29, 0.717) is 50.5 Å². The van der Waals surface area contributed by atoms with Crippen LogP contribution in [0.1, 0.15) is 88.7 Å². The highest BCUT2D eigenvalue weighted by molar-refractivity contribution is 14.1. The van der Waals surface area contributed by atoms with Crippen molar-refractivity contribution in [2.24, 2.45) is 0 Å². The summed E-state index contributed by atoms with van der Waals surface area (Å²) < 4.78 is 23.7. The second-order valence-electron chi connectivity index (χ2n) is 12.9. The van der Waals surface area contributed by atoms with Crippen LogP contribution in [0.2, 0.25) is 0 Å². The molecule has 3 atom stereocenters. The van der Waals surface area contributed by atoms with Crippen molar-refractivity contribution in [2.45, 2.75) is 109 Å². The first-order chi connectivity index (χ1) is 24.7. The molecule has 0 fully saturated rings. The lowest BCUT2D eigenvalue weighted by atomic mass is 9.87. The van der Waals surface area contributed by atoms with Gasteiger partial charge in [-0.25, -0.2) is 0 Å². The quantitative estimate of drug-likeness (QED) is 0.0817. The van der Waals surface area contributed by atoms with Gasteiger partial charge in [0.2, 0.25) is 11.8 Å². The monoisotopic (exact) mass is 824 g/mol. The number of aliphatic hydroxyl groups excluding tert-OH is 3. The Hall–Kier alpha value is -3.07. The number of aliphatic hydroxyl groups is 3. The van der Waals surface area contributed by atoms with Gasteiger partial charge >= 0.3 is 0 Å². The Balaban J connectivity index is 1.92. The molecular weight excluding hydrogens is 767 g/mol. The van der Waals surface area contributed by atoms with E-state index >= 15 is 0 Å². The molecule has 0 heterocycles. The molecule has 0 aliphatic heterocycles. The molecular formula is C39H57IN2O9. The van der Waals surface area contributed by atoms with Crippen LogP contribution in [0, 0.1) is 3.57 Å². The van der Waals surface area contributed by atoms with Crippen molar-refractivity contribution < 1.29 is 43.9 Å². The van der Waals surface area contributed by atoms with E-state index < -0.39 is 24.2 Å². The number of carbonyl (C=O) groups is 2. The molecule has 12 heteroatoms. The molecule has 284 valence electrons. The van der Waals surface area contributed by atoms with Gasteiger partial charge in [-0.15, -0.1) is 0 Å². The molecule has 0 aromatic heterocycles. The summed E-state index contributed by atoms with van der Waals surface area (Å²) in [5.74, 6) is 1.51. The fraction of sp³-hybridized carbons (Fsp3) is 0.590. The molecule has 3 rings (SSSR count). The zero-order valence-electron chi connectivity index (χ0n) is 30.6. The van der Waals surface area contributed by atoms with E-state index in [1.165, 1.54) is 39.2 Å². The number of amides is 2. The molecule has 0 bridgehead atoms. The number of halogens is 1. The van der Waals surface area contributed by atoms with E-state index in [4.69, 9.17) is 18.9 Å². The molecule has 4 N–H and O–H groups in total. The average molecular weight is 825 g/mol. The van der Waals surface area contributed by atoms with E-state index in [2.05, 4.69) is 34.8 Å². The summed E-state index contributed by atoms with van der Waals surface area (Å²) in [6.45, 7) is 2.10. The van der Waals surface area contributed by atoms with Gasteiger partial charge in [0.05, 0.1) is 44.2 Å². The smallest absolute Gasteiger partial charge is 0.247 e. The van der Waals surface area contributed by atoms with Crippen molar-refractivity contribution >= 4 is 34.4 Å². The molecule has 1 aliphatic carbocycles. The number of ether oxygens (including phenoxy) is 4. The van der Waals surface area contributed by atoms with Gasteiger partial charge in [-0.2, -0.15) is 0 Å². The molecule has 0 radical (unpaired) electrons. The fourth-order valence-corrected chi connectivity index (χ4v) is 7.21. The number of unbranched alkanes of at least 4 members (excludes halogenated alkanes) is 8. The molecule has 0 saturated carbocycles. The Bertz CT molecular complexity index is 1420. The van der Waals surface area contributed by atoms with Crippen molar-refractivity contribution in [3.63, 3.8) is 0 Å². The molecule has 11 nitrogen and oxygen atoms in total. The predicted molar refractivity (Wildman–Crippen MR) is 205 cm³/mol. The minimum Gasteiger partial charge on any atom is -0.497 e. The van der Waals surface area contributed by atoms with Gasteiger partial charge in [0.25, 0.3) is 0 Å². The van der Waals surface area contributed by atoms with Crippen LogP contribution in [0.15, 0.2) is 42.0 Å². The Kier molecular flexibility index (Phi) is 18.9. The van der Waals surface area contributed by atoms with Crippen LogP contribution >= 0.6 is 22.6 Å². The van der Waals surface area contributed by atoms with Gasteiger partial charge < -0.3 is 44.5 Å².